The first kappa shape index (κ1) is 13.9. The molecule has 1 aromatic carbocycles. The van der Waals surface area contributed by atoms with Crippen LogP contribution in [0.4, 0.5) is 0 Å². The third kappa shape index (κ3) is 2.99. The Morgan fingerprint density at radius 2 is 2.29 bits per heavy atom. The lowest BCUT2D eigenvalue weighted by molar-refractivity contribution is -0.120. The lowest BCUT2D eigenvalue weighted by Crippen LogP contribution is -2.22. The van der Waals surface area contributed by atoms with Gasteiger partial charge in [-0.1, -0.05) is 25.1 Å². The Morgan fingerprint density at radius 3 is 3.14 bits per heavy atom. The van der Waals surface area contributed by atoms with Gasteiger partial charge < -0.3 is 4.98 Å². The number of hydrogen-bond acceptors (Lipinski definition) is 2. The highest BCUT2D eigenvalue weighted by Crippen LogP contribution is 2.25. The summed E-state index contributed by atoms with van der Waals surface area (Å²) >= 11 is 0. The van der Waals surface area contributed by atoms with Crippen LogP contribution in [0.5, 0.6) is 0 Å². The third-order valence-corrected chi connectivity index (χ3v) is 4.30. The summed E-state index contributed by atoms with van der Waals surface area (Å²) in [6.07, 6.45) is 6.78. The molecule has 110 valence electrons. The number of para-hydroxylation sites is 1. The minimum atomic E-state index is -0.0472. The summed E-state index contributed by atoms with van der Waals surface area (Å²) in [5.74, 6) is 0.507. The fourth-order valence-electron chi connectivity index (χ4n) is 3.11. The number of carbonyl (C=O) groups is 1. The van der Waals surface area contributed by atoms with Crippen molar-refractivity contribution in [2.45, 2.75) is 39.0 Å². The minimum Gasteiger partial charge on any atom is -0.361 e. The fourth-order valence-corrected chi connectivity index (χ4v) is 3.11. The monoisotopic (exact) mass is 283 g/mol. The van der Waals surface area contributed by atoms with Gasteiger partial charge in [-0.15, -0.1) is 0 Å². The number of aromatic amines is 1. The van der Waals surface area contributed by atoms with E-state index < -0.39 is 0 Å². The molecule has 4 nitrogen and oxygen atoms in total. The van der Waals surface area contributed by atoms with E-state index in [9.17, 15) is 4.79 Å². The van der Waals surface area contributed by atoms with Crippen LogP contribution in [0.3, 0.4) is 0 Å². The molecule has 2 N–H and O–H groups in total. The van der Waals surface area contributed by atoms with Gasteiger partial charge in [0.1, 0.15) is 0 Å². The first-order valence-corrected chi connectivity index (χ1v) is 7.68. The van der Waals surface area contributed by atoms with Crippen molar-refractivity contribution in [2.24, 2.45) is 11.0 Å². The summed E-state index contributed by atoms with van der Waals surface area (Å²) in [6, 6.07) is 8.02. The molecule has 1 aliphatic carbocycles. The molecule has 1 saturated carbocycles. The molecule has 1 heterocycles. The van der Waals surface area contributed by atoms with Crippen molar-refractivity contribution in [1.82, 2.24) is 10.4 Å². The van der Waals surface area contributed by atoms with E-state index in [1.165, 1.54) is 12.8 Å². The number of carbonyl (C=O) groups excluding carboxylic acids is 1. The Bertz CT molecular complexity index is 671. The smallest absolute Gasteiger partial charge is 0.244 e. The number of hydrogen-bond donors (Lipinski definition) is 2. The number of H-pyrrole nitrogens is 1. The van der Waals surface area contributed by atoms with Gasteiger partial charge in [0.05, 0.1) is 6.42 Å². The number of amides is 1. The second-order valence-corrected chi connectivity index (χ2v) is 5.67. The molecule has 2 aromatic rings. The predicted molar refractivity (Wildman–Crippen MR) is 85.2 cm³/mol. The van der Waals surface area contributed by atoms with Crippen LogP contribution in [0.1, 0.15) is 38.2 Å². The summed E-state index contributed by atoms with van der Waals surface area (Å²) in [5.41, 5.74) is 5.96. The number of hydrazone groups is 1. The minimum absolute atomic E-state index is 0.0472. The average Bonchev–Trinajstić information content (AvgIpc) is 3.12. The van der Waals surface area contributed by atoms with Gasteiger partial charge in [-0.05, 0) is 43.2 Å². The zero-order valence-electron chi connectivity index (χ0n) is 12.4. The highest BCUT2D eigenvalue weighted by atomic mass is 16.2. The van der Waals surface area contributed by atoms with E-state index in [1.54, 1.807) is 0 Å². The van der Waals surface area contributed by atoms with Gasteiger partial charge in [0.15, 0.2) is 0 Å². The summed E-state index contributed by atoms with van der Waals surface area (Å²) < 4.78 is 0. The standard InChI is InChI=1S/C17H21N3O/c1-2-12-6-5-9-15(12)19-20-17(21)10-13-11-18-16-8-4-3-7-14(13)16/h3-4,7-8,11-12,18H,2,5-6,9-10H2,1H3,(H,20,21)/t12-/m1/s1. The summed E-state index contributed by atoms with van der Waals surface area (Å²) in [7, 11) is 0. The Balaban J connectivity index is 1.65. The SMILES string of the molecule is CC[C@@H]1CCCC1=NNC(=O)Cc1c[nH]c2ccccc12. The van der Waals surface area contributed by atoms with Gasteiger partial charge in [0.2, 0.25) is 5.91 Å². The highest BCUT2D eigenvalue weighted by Gasteiger charge is 2.21. The molecule has 1 aromatic heterocycles. The van der Waals surface area contributed by atoms with Crippen LogP contribution in [0.25, 0.3) is 10.9 Å². The zero-order valence-corrected chi connectivity index (χ0v) is 12.4. The molecular formula is C17H21N3O. The quantitative estimate of drug-likeness (QED) is 0.830. The number of benzene rings is 1. The van der Waals surface area contributed by atoms with Crippen molar-refractivity contribution in [2.75, 3.05) is 0 Å². The molecule has 21 heavy (non-hydrogen) atoms. The number of fused-ring (bicyclic) bond motifs is 1. The molecule has 1 aliphatic rings. The molecular weight excluding hydrogens is 262 g/mol. The summed E-state index contributed by atoms with van der Waals surface area (Å²) in [6.45, 7) is 2.18. The number of rotatable bonds is 4. The lowest BCUT2D eigenvalue weighted by Gasteiger charge is -2.07. The van der Waals surface area contributed by atoms with Crippen molar-refractivity contribution in [3.05, 3.63) is 36.0 Å². The Labute approximate surface area is 124 Å². The molecule has 1 fully saturated rings. The van der Waals surface area contributed by atoms with E-state index in [0.717, 1.165) is 35.0 Å². The van der Waals surface area contributed by atoms with Gasteiger partial charge in [0, 0.05) is 22.8 Å². The van der Waals surface area contributed by atoms with Crippen LogP contribution in [0.15, 0.2) is 35.6 Å². The Kier molecular flexibility index (Phi) is 4.04. The maximum Gasteiger partial charge on any atom is 0.244 e. The molecule has 4 heteroatoms. The van der Waals surface area contributed by atoms with Crippen LogP contribution >= 0.6 is 0 Å². The van der Waals surface area contributed by atoms with Gasteiger partial charge in [-0.3, -0.25) is 4.79 Å². The van der Waals surface area contributed by atoms with Crippen LogP contribution in [-0.2, 0) is 11.2 Å². The Morgan fingerprint density at radius 1 is 1.43 bits per heavy atom. The fraction of sp³-hybridized carbons (Fsp3) is 0.412. The van der Waals surface area contributed by atoms with Crippen LogP contribution < -0.4 is 5.43 Å². The number of aromatic nitrogens is 1. The maximum absolute atomic E-state index is 12.1. The average molecular weight is 283 g/mol. The van der Waals surface area contributed by atoms with E-state index >= 15 is 0 Å². The van der Waals surface area contributed by atoms with Crippen LogP contribution in [-0.4, -0.2) is 16.6 Å². The van der Waals surface area contributed by atoms with Gasteiger partial charge in [0.25, 0.3) is 0 Å². The number of nitrogens with zero attached hydrogens (tertiary/aromatic N) is 1. The molecule has 0 unspecified atom stereocenters. The second kappa shape index (κ2) is 6.12. The predicted octanol–water partition coefficient (Wildman–Crippen LogP) is 3.39. The van der Waals surface area contributed by atoms with Crippen molar-refractivity contribution in [3.63, 3.8) is 0 Å². The first-order chi connectivity index (χ1) is 10.3. The topological polar surface area (TPSA) is 57.2 Å². The lowest BCUT2D eigenvalue weighted by atomic mass is 10.0. The molecule has 3 rings (SSSR count). The molecule has 0 bridgehead atoms. The normalized spacial score (nSPS) is 20.2. The molecule has 0 saturated heterocycles. The van der Waals surface area contributed by atoms with Crippen molar-refractivity contribution in [1.29, 1.82) is 0 Å². The first-order valence-electron chi connectivity index (χ1n) is 7.68. The maximum atomic E-state index is 12.1. The second-order valence-electron chi connectivity index (χ2n) is 5.67. The van der Waals surface area contributed by atoms with Crippen molar-refractivity contribution in [3.8, 4) is 0 Å². The zero-order chi connectivity index (χ0) is 14.7. The molecule has 0 spiro atoms. The van der Waals surface area contributed by atoms with Gasteiger partial charge in [-0.2, -0.15) is 5.10 Å². The summed E-state index contributed by atoms with van der Waals surface area (Å²) in [4.78, 5) is 15.3. The van der Waals surface area contributed by atoms with E-state index in [4.69, 9.17) is 0 Å². The molecule has 0 aliphatic heterocycles. The van der Waals surface area contributed by atoms with Crippen LogP contribution in [0.2, 0.25) is 0 Å². The van der Waals surface area contributed by atoms with Gasteiger partial charge >= 0.3 is 0 Å². The van der Waals surface area contributed by atoms with E-state index in [-0.39, 0.29) is 5.91 Å². The number of nitrogens with one attached hydrogen (secondary N) is 2. The van der Waals surface area contributed by atoms with Crippen molar-refractivity contribution >= 4 is 22.5 Å². The largest absolute Gasteiger partial charge is 0.361 e. The van der Waals surface area contributed by atoms with Crippen LogP contribution in [0, 0.1) is 5.92 Å². The summed E-state index contributed by atoms with van der Waals surface area (Å²) in [5, 5.41) is 5.45. The highest BCUT2D eigenvalue weighted by molar-refractivity contribution is 5.91. The molecule has 1 amide bonds. The molecule has 0 radical (unpaired) electrons. The molecule has 1 atom stereocenters. The van der Waals surface area contributed by atoms with Crippen molar-refractivity contribution < 1.29 is 4.79 Å². The van der Waals surface area contributed by atoms with Gasteiger partial charge in [-0.25, -0.2) is 5.43 Å². The Hall–Kier alpha value is -2.10. The van der Waals surface area contributed by atoms with E-state index in [0.29, 0.717) is 12.3 Å². The van der Waals surface area contributed by atoms with E-state index in [1.807, 2.05) is 30.5 Å². The van der Waals surface area contributed by atoms with E-state index in [2.05, 4.69) is 22.4 Å². The third-order valence-electron chi connectivity index (χ3n) is 4.30.